The second kappa shape index (κ2) is 12.0. The first-order chi connectivity index (χ1) is 17.9. The maximum atomic E-state index is 13.5. The summed E-state index contributed by atoms with van der Waals surface area (Å²) in [5, 5.41) is 10.1. The van der Waals surface area contributed by atoms with Gasteiger partial charge in [-0.05, 0) is 61.2 Å². The number of rotatable bonds is 11. The largest absolute Gasteiger partial charge is 0.353 e. The number of anilines is 1. The van der Waals surface area contributed by atoms with E-state index >= 15 is 0 Å². The number of nitrogens with zero attached hydrogens (tertiary/aromatic N) is 4. The Morgan fingerprint density at radius 2 is 1.78 bits per heavy atom. The van der Waals surface area contributed by atoms with E-state index in [0.717, 1.165) is 36.2 Å². The number of benzene rings is 2. The minimum absolute atomic E-state index is 0.0180. The van der Waals surface area contributed by atoms with Crippen molar-refractivity contribution in [2.75, 3.05) is 44.7 Å². The number of aryl methyl sites for hydroxylation is 2. The molecule has 2 amide bonds. The van der Waals surface area contributed by atoms with Gasteiger partial charge in [0.25, 0.3) is 0 Å². The lowest BCUT2D eigenvalue weighted by atomic mass is 10.1. The van der Waals surface area contributed by atoms with Gasteiger partial charge in [-0.2, -0.15) is 4.98 Å². The highest BCUT2D eigenvalue weighted by Gasteiger charge is 2.29. The molecule has 0 spiro atoms. The molecule has 1 aromatic heterocycles. The Hall–Kier alpha value is -3.72. The summed E-state index contributed by atoms with van der Waals surface area (Å²) in [7, 11) is 1.86. The molecule has 1 heterocycles. The van der Waals surface area contributed by atoms with E-state index in [0.29, 0.717) is 24.8 Å². The number of likely N-dealkylation sites (N-methyl/N-ethyl adjacent to an activating group) is 2. The van der Waals surface area contributed by atoms with Crippen LogP contribution in [0.3, 0.4) is 0 Å². The number of aromatic nitrogens is 2. The van der Waals surface area contributed by atoms with E-state index in [9.17, 15) is 9.59 Å². The number of amides is 2. The summed E-state index contributed by atoms with van der Waals surface area (Å²) in [6, 6.07) is 14.2. The van der Waals surface area contributed by atoms with Crippen LogP contribution in [0.1, 0.15) is 29.5 Å². The highest BCUT2D eigenvalue weighted by molar-refractivity contribution is 5.87. The van der Waals surface area contributed by atoms with Gasteiger partial charge < -0.3 is 25.0 Å². The third-order valence-corrected chi connectivity index (χ3v) is 6.83. The lowest BCUT2D eigenvalue weighted by molar-refractivity contribution is -0.130. The molecule has 0 atom stereocenters. The van der Waals surface area contributed by atoms with Crippen molar-refractivity contribution in [2.24, 2.45) is 0 Å². The monoisotopic (exact) mass is 504 g/mol. The van der Waals surface area contributed by atoms with Gasteiger partial charge >= 0.3 is 0 Å². The molecular formula is C28H36N6O3. The molecule has 37 heavy (non-hydrogen) atoms. The number of hydrogen-bond donors (Lipinski definition) is 2. The quantitative estimate of drug-likeness (QED) is 0.387. The minimum atomic E-state index is -0.126. The fourth-order valence-electron chi connectivity index (χ4n) is 4.78. The van der Waals surface area contributed by atoms with Crippen molar-refractivity contribution >= 4 is 17.5 Å². The molecule has 9 nitrogen and oxygen atoms in total. The molecule has 0 unspecified atom stereocenters. The first kappa shape index (κ1) is 26.3. The van der Waals surface area contributed by atoms with Crippen LogP contribution in [0.4, 0.5) is 5.69 Å². The fourth-order valence-corrected chi connectivity index (χ4v) is 4.78. The minimum Gasteiger partial charge on any atom is -0.353 e. The lowest BCUT2D eigenvalue weighted by Crippen LogP contribution is -2.47. The Balaban J connectivity index is 1.50. The smallest absolute Gasteiger partial charge is 0.242 e. The van der Waals surface area contributed by atoms with Crippen LogP contribution in [0.5, 0.6) is 0 Å². The van der Waals surface area contributed by atoms with Crippen LogP contribution in [0.2, 0.25) is 0 Å². The maximum Gasteiger partial charge on any atom is 0.242 e. The highest BCUT2D eigenvalue weighted by atomic mass is 16.5. The van der Waals surface area contributed by atoms with Crippen LogP contribution < -0.4 is 15.5 Å². The topological polar surface area (TPSA) is 104 Å². The molecule has 9 heteroatoms. The molecule has 0 aliphatic heterocycles. The maximum absolute atomic E-state index is 13.5. The van der Waals surface area contributed by atoms with Crippen molar-refractivity contribution in [3.63, 3.8) is 0 Å². The van der Waals surface area contributed by atoms with Crippen molar-refractivity contribution < 1.29 is 14.1 Å². The van der Waals surface area contributed by atoms with Crippen LogP contribution in [-0.2, 0) is 22.4 Å². The third kappa shape index (κ3) is 6.54. The summed E-state index contributed by atoms with van der Waals surface area (Å²) in [5.74, 6) is 0.862. The number of carbonyl (C=O) groups is 2. The van der Waals surface area contributed by atoms with Gasteiger partial charge in [0.05, 0.1) is 13.1 Å². The average molecular weight is 505 g/mol. The lowest BCUT2D eigenvalue weighted by Gasteiger charge is -2.30. The van der Waals surface area contributed by atoms with Gasteiger partial charge in [0, 0.05) is 44.4 Å². The van der Waals surface area contributed by atoms with E-state index in [-0.39, 0.29) is 30.9 Å². The SMILES string of the molecule is CCNCCNC(=O)CN(CC(=O)N(C)C1Cc2ccccc2C1)c1ccc(-c2noc(C)n2)cc1C. The molecule has 2 aromatic carbocycles. The molecule has 3 aromatic rings. The number of nitrogens with one attached hydrogen (secondary N) is 2. The van der Waals surface area contributed by atoms with Gasteiger partial charge in [-0.25, -0.2) is 0 Å². The summed E-state index contributed by atoms with van der Waals surface area (Å²) in [6.07, 6.45) is 1.70. The summed E-state index contributed by atoms with van der Waals surface area (Å²) in [6.45, 7) is 8.00. The van der Waals surface area contributed by atoms with Gasteiger partial charge in [0.1, 0.15) is 0 Å². The van der Waals surface area contributed by atoms with Gasteiger partial charge in [-0.15, -0.1) is 0 Å². The summed E-state index contributed by atoms with van der Waals surface area (Å²) in [4.78, 5) is 34.3. The first-order valence-corrected chi connectivity index (χ1v) is 12.8. The number of fused-ring (bicyclic) bond motifs is 1. The molecule has 2 N–H and O–H groups in total. The molecule has 196 valence electrons. The Kier molecular flexibility index (Phi) is 8.55. The van der Waals surface area contributed by atoms with E-state index < -0.39 is 0 Å². The first-order valence-electron chi connectivity index (χ1n) is 12.8. The molecule has 1 aliphatic rings. The molecule has 0 radical (unpaired) electrons. The van der Waals surface area contributed by atoms with E-state index in [2.05, 4.69) is 32.9 Å². The van der Waals surface area contributed by atoms with Crippen LogP contribution >= 0.6 is 0 Å². The predicted molar refractivity (Wildman–Crippen MR) is 143 cm³/mol. The summed E-state index contributed by atoms with van der Waals surface area (Å²) < 4.78 is 5.12. The summed E-state index contributed by atoms with van der Waals surface area (Å²) in [5.41, 5.74) is 5.16. The van der Waals surface area contributed by atoms with E-state index in [1.165, 1.54) is 11.1 Å². The standard InChI is InChI=1S/C28H36N6O3/c1-5-29-12-13-30-26(35)17-34(25-11-10-23(14-19(25)2)28-31-20(3)37-32-28)18-27(36)33(4)24-15-21-8-6-7-9-22(21)16-24/h6-11,14,24,29H,5,12-13,15-18H2,1-4H3,(H,30,35). The van der Waals surface area contributed by atoms with Gasteiger partial charge in [-0.3, -0.25) is 9.59 Å². The Bertz CT molecular complexity index is 1220. The normalized spacial score (nSPS) is 12.9. The van der Waals surface area contributed by atoms with Crippen LogP contribution in [0, 0.1) is 13.8 Å². The zero-order valence-corrected chi connectivity index (χ0v) is 22.1. The Labute approximate surface area is 218 Å². The molecule has 0 bridgehead atoms. The second-order valence-electron chi connectivity index (χ2n) is 9.53. The zero-order chi connectivity index (χ0) is 26.4. The number of carbonyl (C=O) groups excluding carboxylic acids is 2. The van der Waals surface area contributed by atoms with E-state index in [1.807, 2.05) is 61.0 Å². The van der Waals surface area contributed by atoms with Crippen LogP contribution in [-0.4, -0.2) is 72.7 Å². The van der Waals surface area contributed by atoms with Gasteiger partial charge in [0.15, 0.2) is 0 Å². The molecule has 0 saturated heterocycles. The van der Waals surface area contributed by atoms with Crippen molar-refractivity contribution in [3.8, 4) is 11.4 Å². The molecule has 4 rings (SSSR count). The third-order valence-electron chi connectivity index (χ3n) is 6.83. The average Bonchev–Trinajstić information content (AvgIpc) is 3.52. The van der Waals surface area contributed by atoms with E-state index in [1.54, 1.807) is 6.92 Å². The molecular weight excluding hydrogens is 468 g/mol. The summed E-state index contributed by atoms with van der Waals surface area (Å²) >= 11 is 0. The zero-order valence-electron chi connectivity index (χ0n) is 22.1. The van der Waals surface area contributed by atoms with Gasteiger partial charge in [0.2, 0.25) is 23.5 Å². The molecule has 1 aliphatic carbocycles. The van der Waals surface area contributed by atoms with Crippen molar-refractivity contribution in [1.29, 1.82) is 0 Å². The second-order valence-corrected chi connectivity index (χ2v) is 9.53. The highest BCUT2D eigenvalue weighted by Crippen LogP contribution is 2.27. The van der Waals surface area contributed by atoms with Crippen LogP contribution in [0.25, 0.3) is 11.4 Å². The fraction of sp³-hybridized carbons (Fsp3) is 0.429. The molecule has 0 saturated carbocycles. The molecule has 0 fully saturated rings. The van der Waals surface area contributed by atoms with Crippen LogP contribution in [0.15, 0.2) is 47.0 Å². The Morgan fingerprint density at radius 1 is 1.05 bits per heavy atom. The van der Waals surface area contributed by atoms with E-state index in [4.69, 9.17) is 4.52 Å². The van der Waals surface area contributed by atoms with Crippen molar-refractivity contribution in [1.82, 2.24) is 25.7 Å². The van der Waals surface area contributed by atoms with Gasteiger partial charge in [-0.1, -0.05) is 36.3 Å². The van der Waals surface area contributed by atoms with Crippen molar-refractivity contribution in [3.05, 3.63) is 65.0 Å². The predicted octanol–water partition coefficient (Wildman–Crippen LogP) is 2.51. The van der Waals surface area contributed by atoms with Crippen molar-refractivity contribution in [2.45, 2.75) is 39.7 Å². The Morgan fingerprint density at radius 3 is 2.41 bits per heavy atom. The number of hydrogen-bond acceptors (Lipinski definition) is 7.